The van der Waals surface area contributed by atoms with Gasteiger partial charge in [0.2, 0.25) is 11.7 Å². The van der Waals surface area contributed by atoms with E-state index < -0.39 is 6.04 Å². The predicted molar refractivity (Wildman–Crippen MR) is 56.5 cm³/mol. The minimum atomic E-state index is -0.450. The maximum absolute atomic E-state index is 11.7. The number of nitrogens with one attached hydrogen (secondary N) is 1. The standard InChI is InChI=1S/C10H14N4O2/c1-8(10(15)13-4-6-16-2)14-5-3-12-9(14)7-11/h3,5,8H,4,6H2,1-2H3,(H,13,15). The van der Waals surface area contributed by atoms with Crippen molar-refractivity contribution in [3.63, 3.8) is 0 Å². The minimum Gasteiger partial charge on any atom is -0.383 e. The molecule has 1 rings (SSSR count). The summed E-state index contributed by atoms with van der Waals surface area (Å²) < 4.78 is 6.35. The van der Waals surface area contributed by atoms with Gasteiger partial charge in [0.25, 0.3) is 0 Å². The van der Waals surface area contributed by atoms with Crippen molar-refractivity contribution in [3.8, 4) is 6.07 Å². The van der Waals surface area contributed by atoms with Crippen molar-refractivity contribution in [1.82, 2.24) is 14.9 Å². The van der Waals surface area contributed by atoms with E-state index in [1.165, 1.54) is 10.8 Å². The molecule has 6 nitrogen and oxygen atoms in total. The Hall–Kier alpha value is -1.87. The van der Waals surface area contributed by atoms with Gasteiger partial charge in [-0.25, -0.2) is 4.98 Å². The fourth-order valence-corrected chi connectivity index (χ4v) is 1.26. The van der Waals surface area contributed by atoms with Crippen LogP contribution in [0.3, 0.4) is 0 Å². The Balaban J connectivity index is 2.61. The lowest BCUT2D eigenvalue weighted by atomic mass is 10.3. The number of hydrogen-bond acceptors (Lipinski definition) is 4. The minimum absolute atomic E-state index is 0.161. The van der Waals surface area contributed by atoms with Crippen molar-refractivity contribution in [2.75, 3.05) is 20.3 Å². The van der Waals surface area contributed by atoms with E-state index in [1.54, 1.807) is 20.2 Å². The highest BCUT2D eigenvalue weighted by Gasteiger charge is 2.16. The third-order valence-corrected chi connectivity index (χ3v) is 2.17. The second-order valence-electron chi connectivity index (χ2n) is 3.23. The number of hydrogen-bond donors (Lipinski definition) is 1. The Morgan fingerprint density at radius 3 is 3.19 bits per heavy atom. The molecule has 1 amide bonds. The third kappa shape index (κ3) is 2.81. The van der Waals surface area contributed by atoms with Gasteiger partial charge in [-0.2, -0.15) is 5.26 Å². The highest BCUT2D eigenvalue weighted by atomic mass is 16.5. The monoisotopic (exact) mass is 222 g/mol. The molecule has 0 saturated carbocycles. The summed E-state index contributed by atoms with van der Waals surface area (Å²) in [6, 6.07) is 1.48. The largest absolute Gasteiger partial charge is 0.383 e. The molecule has 0 bridgehead atoms. The SMILES string of the molecule is COCCNC(=O)C(C)n1ccnc1C#N. The number of nitrogens with zero attached hydrogens (tertiary/aromatic N) is 3. The highest BCUT2D eigenvalue weighted by Crippen LogP contribution is 2.08. The van der Waals surface area contributed by atoms with E-state index in [2.05, 4.69) is 10.3 Å². The van der Waals surface area contributed by atoms with Gasteiger partial charge in [0.15, 0.2) is 0 Å². The van der Waals surface area contributed by atoms with Crippen LogP contribution < -0.4 is 5.32 Å². The quantitative estimate of drug-likeness (QED) is 0.715. The normalized spacial score (nSPS) is 11.8. The third-order valence-electron chi connectivity index (χ3n) is 2.17. The summed E-state index contributed by atoms with van der Waals surface area (Å²) in [5, 5.41) is 11.5. The number of imidazole rings is 1. The van der Waals surface area contributed by atoms with Crippen LogP contribution >= 0.6 is 0 Å². The number of carbonyl (C=O) groups is 1. The van der Waals surface area contributed by atoms with Crippen molar-refractivity contribution in [2.45, 2.75) is 13.0 Å². The van der Waals surface area contributed by atoms with Crippen LogP contribution in [-0.4, -0.2) is 35.7 Å². The molecule has 1 aromatic rings. The summed E-state index contributed by atoms with van der Waals surface area (Å²) in [6.45, 7) is 2.63. The number of methoxy groups -OCH3 is 1. The van der Waals surface area contributed by atoms with Gasteiger partial charge in [0, 0.05) is 26.0 Å². The van der Waals surface area contributed by atoms with Crippen LogP contribution in [0.25, 0.3) is 0 Å². The summed E-state index contributed by atoms with van der Waals surface area (Å²) in [5.74, 6) is 0.0703. The molecular weight excluding hydrogens is 208 g/mol. The van der Waals surface area contributed by atoms with E-state index >= 15 is 0 Å². The van der Waals surface area contributed by atoms with Crippen LogP contribution in [0, 0.1) is 11.3 Å². The van der Waals surface area contributed by atoms with E-state index in [9.17, 15) is 4.79 Å². The molecule has 0 fully saturated rings. The summed E-state index contributed by atoms with van der Waals surface area (Å²) in [6.07, 6.45) is 3.11. The summed E-state index contributed by atoms with van der Waals surface area (Å²) >= 11 is 0. The van der Waals surface area contributed by atoms with Crippen LogP contribution in [0.15, 0.2) is 12.4 Å². The van der Waals surface area contributed by atoms with Gasteiger partial charge in [-0.05, 0) is 6.92 Å². The molecule has 0 spiro atoms. The zero-order valence-electron chi connectivity index (χ0n) is 9.30. The molecule has 0 saturated heterocycles. The van der Waals surface area contributed by atoms with E-state index in [0.717, 1.165) is 0 Å². The van der Waals surface area contributed by atoms with Gasteiger partial charge in [-0.1, -0.05) is 0 Å². The zero-order valence-corrected chi connectivity index (χ0v) is 9.30. The van der Waals surface area contributed by atoms with E-state index in [4.69, 9.17) is 10.00 Å². The van der Waals surface area contributed by atoms with Crippen molar-refractivity contribution in [3.05, 3.63) is 18.2 Å². The maximum atomic E-state index is 11.7. The fourth-order valence-electron chi connectivity index (χ4n) is 1.26. The second-order valence-corrected chi connectivity index (χ2v) is 3.23. The number of ether oxygens (including phenoxy) is 1. The van der Waals surface area contributed by atoms with E-state index in [-0.39, 0.29) is 11.7 Å². The van der Waals surface area contributed by atoms with Crippen LogP contribution in [0.5, 0.6) is 0 Å². The van der Waals surface area contributed by atoms with E-state index in [0.29, 0.717) is 13.2 Å². The Morgan fingerprint density at radius 2 is 2.56 bits per heavy atom. The number of nitriles is 1. The summed E-state index contributed by atoms with van der Waals surface area (Å²) in [5.41, 5.74) is 0. The van der Waals surface area contributed by atoms with Gasteiger partial charge >= 0.3 is 0 Å². The fraction of sp³-hybridized carbons (Fsp3) is 0.500. The van der Waals surface area contributed by atoms with Gasteiger partial charge in [-0.3, -0.25) is 4.79 Å². The maximum Gasteiger partial charge on any atom is 0.242 e. The molecule has 0 radical (unpaired) electrons. The topological polar surface area (TPSA) is 79.9 Å². The smallest absolute Gasteiger partial charge is 0.242 e. The molecule has 1 aromatic heterocycles. The molecular formula is C10H14N4O2. The zero-order chi connectivity index (χ0) is 12.0. The molecule has 0 aliphatic carbocycles. The number of aromatic nitrogens is 2. The van der Waals surface area contributed by atoms with Crippen molar-refractivity contribution in [1.29, 1.82) is 5.26 Å². The average molecular weight is 222 g/mol. The van der Waals surface area contributed by atoms with Gasteiger partial charge in [0.1, 0.15) is 12.1 Å². The summed E-state index contributed by atoms with van der Waals surface area (Å²) in [4.78, 5) is 15.5. The lowest BCUT2D eigenvalue weighted by Crippen LogP contribution is -2.33. The predicted octanol–water partition coefficient (Wildman–Crippen LogP) is 0.0784. The Kier molecular flexibility index (Phi) is 4.48. The molecule has 16 heavy (non-hydrogen) atoms. The molecule has 0 aromatic carbocycles. The molecule has 1 atom stereocenters. The molecule has 0 aliphatic rings. The first kappa shape index (κ1) is 12.2. The second kappa shape index (κ2) is 5.88. The molecule has 1 unspecified atom stereocenters. The van der Waals surface area contributed by atoms with Crippen LogP contribution in [0.2, 0.25) is 0 Å². The van der Waals surface area contributed by atoms with Gasteiger partial charge in [-0.15, -0.1) is 0 Å². The summed E-state index contributed by atoms with van der Waals surface area (Å²) in [7, 11) is 1.57. The Labute approximate surface area is 93.8 Å². The molecule has 1 heterocycles. The van der Waals surface area contributed by atoms with Crippen LogP contribution in [0.1, 0.15) is 18.8 Å². The first-order valence-electron chi connectivity index (χ1n) is 4.90. The Morgan fingerprint density at radius 1 is 1.81 bits per heavy atom. The van der Waals surface area contributed by atoms with Crippen LogP contribution in [0.4, 0.5) is 0 Å². The molecule has 86 valence electrons. The van der Waals surface area contributed by atoms with E-state index in [1.807, 2.05) is 6.07 Å². The number of rotatable bonds is 5. The first-order chi connectivity index (χ1) is 7.70. The molecule has 0 aliphatic heterocycles. The first-order valence-corrected chi connectivity index (χ1v) is 4.90. The lowest BCUT2D eigenvalue weighted by molar-refractivity contribution is -0.124. The highest BCUT2D eigenvalue weighted by molar-refractivity contribution is 5.80. The Bertz CT molecular complexity index is 394. The van der Waals surface area contributed by atoms with Gasteiger partial charge < -0.3 is 14.6 Å². The van der Waals surface area contributed by atoms with Crippen LogP contribution in [-0.2, 0) is 9.53 Å². The average Bonchev–Trinajstić information content (AvgIpc) is 2.76. The number of carbonyl (C=O) groups excluding carboxylic acids is 1. The molecule has 1 N–H and O–H groups in total. The number of amides is 1. The van der Waals surface area contributed by atoms with Crippen molar-refractivity contribution < 1.29 is 9.53 Å². The van der Waals surface area contributed by atoms with Crippen molar-refractivity contribution >= 4 is 5.91 Å². The van der Waals surface area contributed by atoms with Crippen molar-refractivity contribution in [2.24, 2.45) is 0 Å². The van der Waals surface area contributed by atoms with Gasteiger partial charge in [0.05, 0.1) is 6.61 Å². The molecule has 6 heteroatoms. The lowest BCUT2D eigenvalue weighted by Gasteiger charge is -2.13.